The van der Waals surface area contributed by atoms with Crippen LogP contribution in [0.2, 0.25) is 0 Å². The van der Waals surface area contributed by atoms with Gasteiger partial charge in [0.05, 0.1) is 0 Å². The molecule has 1 aromatic carbocycles. The summed E-state index contributed by atoms with van der Waals surface area (Å²) in [6.07, 6.45) is 0. The Morgan fingerprint density at radius 3 is 2.53 bits per heavy atom. The summed E-state index contributed by atoms with van der Waals surface area (Å²) in [4.78, 5) is 12.1. The van der Waals surface area contributed by atoms with Crippen LogP contribution in [0.3, 0.4) is 0 Å². The molecule has 3 nitrogen and oxygen atoms in total. The van der Waals surface area contributed by atoms with Crippen molar-refractivity contribution < 1.29 is 4.79 Å². The molecule has 0 spiro atoms. The summed E-state index contributed by atoms with van der Waals surface area (Å²) in [6.45, 7) is 8.24. The van der Waals surface area contributed by atoms with Gasteiger partial charge in [0.15, 0.2) is 0 Å². The van der Waals surface area contributed by atoms with Gasteiger partial charge in [-0.1, -0.05) is 32.9 Å². The van der Waals surface area contributed by atoms with Gasteiger partial charge >= 0.3 is 0 Å². The van der Waals surface area contributed by atoms with Crippen molar-refractivity contribution in [1.82, 2.24) is 5.32 Å². The van der Waals surface area contributed by atoms with Crippen LogP contribution >= 0.6 is 12.4 Å². The maximum Gasteiger partial charge on any atom is 0.227 e. The average molecular weight is 283 g/mol. The minimum absolute atomic E-state index is 0. The second-order valence-electron chi connectivity index (χ2n) is 5.48. The number of anilines is 1. The number of amides is 1. The molecule has 2 N–H and O–H groups in total. The van der Waals surface area contributed by atoms with Crippen molar-refractivity contribution in [2.45, 2.75) is 26.7 Å². The molecule has 19 heavy (non-hydrogen) atoms. The molecular weight excluding hydrogens is 260 g/mol. The number of benzene rings is 1. The lowest BCUT2D eigenvalue weighted by molar-refractivity contribution is -0.121. The van der Waals surface area contributed by atoms with E-state index >= 15 is 0 Å². The minimum Gasteiger partial charge on any atom is -0.326 e. The van der Waals surface area contributed by atoms with Gasteiger partial charge < -0.3 is 10.6 Å². The van der Waals surface area contributed by atoms with Crippen LogP contribution < -0.4 is 10.6 Å². The number of hydrogen-bond acceptors (Lipinski definition) is 2. The second-order valence-corrected chi connectivity index (χ2v) is 5.48. The molecule has 4 heteroatoms. The summed E-state index contributed by atoms with van der Waals surface area (Å²) in [5, 5.41) is 6.22. The number of rotatable bonds is 4. The number of halogens is 1. The highest BCUT2D eigenvalue weighted by molar-refractivity contribution is 5.92. The fourth-order valence-electron chi connectivity index (χ4n) is 2.11. The SMILES string of the molecule is CC(C)c1cccc(NC(=O)C(C)C2CNC2)c1.Cl. The predicted octanol–water partition coefficient (Wildman–Crippen LogP) is 3.03. The van der Waals surface area contributed by atoms with Crippen LogP contribution in [0.25, 0.3) is 0 Å². The standard InChI is InChI=1S/C15H22N2O.ClH/c1-10(2)12-5-4-6-14(7-12)17-15(18)11(3)13-8-16-9-13;/h4-7,10-11,13,16H,8-9H2,1-3H3,(H,17,18);1H. The highest BCUT2D eigenvalue weighted by Gasteiger charge is 2.28. The van der Waals surface area contributed by atoms with Gasteiger partial charge in [0, 0.05) is 11.6 Å². The smallest absolute Gasteiger partial charge is 0.227 e. The molecule has 0 bridgehead atoms. The van der Waals surface area contributed by atoms with Crippen LogP contribution in [-0.4, -0.2) is 19.0 Å². The van der Waals surface area contributed by atoms with Crippen molar-refractivity contribution in [1.29, 1.82) is 0 Å². The van der Waals surface area contributed by atoms with Crippen molar-refractivity contribution in [3.63, 3.8) is 0 Å². The zero-order valence-corrected chi connectivity index (χ0v) is 12.6. The first kappa shape index (κ1) is 16.0. The molecule has 0 saturated carbocycles. The molecule has 0 radical (unpaired) electrons. The van der Waals surface area contributed by atoms with Crippen LogP contribution in [0.4, 0.5) is 5.69 Å². The fourth-order valence-corrected chi connectivity index (χ4v) is 2.11. The van der Waals surface area contributed by atoms with Gasteiger partial charge in [0.2, 0.25) is 5.91 Å². The Morgan fingerprint density at radius 2 is 2.00 bits per heavy atom. The van der Waals surface area contributed by atoms with Crippen LogP contribution in [0.15, 0.2) is 24.3 Å². The zero-order valence-electron chi connectivity index (χ0n) is 11.8. The van der Waals surface area contributed by atoms with Gasteiger partial charge in [-0.3, -0.25) is 4.79 Å². The number of carbonyl (C=O) groups is 1. The molecule has 2 rings (SSSR count). The predicted molar refractivity (Wildman–Crippen MR) is 81.9 cm³/mol. The molecule has 1 saturated heterocycles. The monoisotopic (exact) mass is 282 g/mol. The molecule has 1 amide bonds. The lowest BCUT2D eigenvalue weighted by Crippen LogP contribution is -2.48. The zero-order chi connectivity index (χ0) is 13.1. The second kappa shape index (κ2) is 6.92. The summed E-state index contributed by atoms with van der Waals surface area (Å²) < 4.78 is 0. The topological polar surface area (TPSA) is 41.1 Å². The molecule has 1 unspecified atom stereocenters. The third-order valence-electron chi connectivity index (χ3n) is 3.75. The molecule has 0 aromatic heterocycles. The molecule has 1 aliphatic heterocycles. The van der Waals surface area contributed by atoms with Crippen molar-refractivity contribution in [2.75, 3.05) is 18.4 Å². The van der Waals surface area contributed by atoms with Gasteiger partial charge in [0.1, 0.15) is 0 Å². The van der Waals surface area contributed by atoms with Gasteiger partial charge in [-0.05, 0) is 42.6 Å². The highest BCUT2D eigenvalue weighted by atomic mass is 35.5. The average Bonchev–Trinajstić information content (AvgIpc) is 2.26. The van der Waals surface area contributed by atoms with E-state index in [1.165, 1.54) is 5.56 Å². The van der Waals surface area contributed by atoms with Gasteiger partial charge in [0.25, 0.3) is 0 Å². The number of nitrogens with one attached hydrogen (secondary N) is 2. The van der Waals surface area contributed by atoms with E-state index in [1.54, 1.807) is 0 Å². The number of carbonyl (C=O) groups excluding carboxylic acids is 1. The highest BCUT2D eigenvalue weighted by Crippen LogP contribution is 2.21. The van der Waals surface area contributed by atoms with E-state index in [4.69, 9.17) is 0 Å². The summed E-state index contributed by atoms with van der Waals surface area (Å²) in [5.74, 6) is 1.17. The Labute approximate surface area is 121 Å². The lowest BCUT2D eigenvalue weighted by atomic mass is 9.88. The molecule has 1 fully saturated rings. The van der Waals surface area contributed by atoms with Crippen molar-refractivity contribution in [3.05, 3.63) is 29.8 Å². The lowest BCUT2D eigenvalue weighted by Gasteiger charge is -2.31. The van der Waals surface area contributed by atoms with Crippen LogP contribution in [0.5, 0.6) is 0 Å². The van der Waals surface area contributed by atoms with Crippen LogP contribution in [0, 0.1) is 11.8 Å². The molecule has 1 heterocycles. The summed E-state index contributed by atoms with van der Waals surface area (Å²) in [5.41, 5.74) is 2.16. The Balaban J connectivity index is 0.00000180. The molecule has 1 aliphatic rings. The third-order valence-corrected chi connectivity index (χ3v) is 3.75. The van der Waals surface area contributed by atoms with Crippen molar-refractivity contribution in [3.8, 4) is 0 Å². The quantitative estimate of drug-likeness (QED) is 0.891. The Morgan fingerprint density at radius 1 is 1.32 bits per heavy atom. The molecule has 0 aliphatic carbocycles. The number of hydrogen-bond donors (Lipinski definition) is 2. The van der Waals surface area contributed by atoms with E-state index in [0.717, 1.165) is 18.8 Å². The maximum atomic E-state index is 12.1. The van der Waals surface area contributed by atoms with E-state index in [-0.39, 0.29) is 24.2 Å². The molecule has 1 aromatic rings. The van der Waals surface area contributed by atoms with Gasteiger partial charge in [-0.25, -0.2) is 0 Å². The van der Waals surface area contributed by atoms with E-state index in [0.29, 0.717) is 11.8 Å². The summed E-state index contributed by atoms with van der Waals surface area (Å²) in [7, 11) is 0. The van der Waals surface area contributed by atoms with Crippen LogP contribution in [0.1, 0.15) is 32.3 Å². The largest absolute Gasteiger partial charge is 0.326 e. The van der Waals surface area contributed by atoms with E-state index < -0.39 is 0 Å². The minimum atomic E-state index is 0. The Kier molecular flexibility index (Phi) is 5.83. The van der Waals surface area contributed by atoms with Gasteiger partial charge in [-0.15, -0.1) is 12.4 Å². The van der Waals surface area contributed by atoms with E-state index in [2.05, 4.69) is 36.6 Å². The first-order valence-electron chi connectivity index (χ1n) is 6.69. The first-order valence-corrected chi connectivity index (χ1v) is 6.69. The first-order chi connectivity index (χ1) is 8.58. The van der Waals surface area contributed by atoms with Crippen LogP contribution in [-0.2, 0) is 4.79 Å². The molecule has 106 valence electrons. The fraction of sp³-hybridized carbons (Fsp3) is 0.533. The Bertz CT molecular complexity index is 430. The molecular formula is C15H23ClN2O. The maximum absolute atomic E-state index is 12.1. The van der Waals surface area contributed by atoms with Crippen molar-refractivity contribution >= 4 is 24.0 Å². The van der Waals surface area contributed by atoms with E-state index in [9.17, 15) is 4.79 Å². The van der Waals surface area contributed by atoms with E-state index in [1.807, 2.05) is 19.1 Å². The summed E-state index contributed by atoms with van der Waals surface area (Å²) >= 11 is 0. The normalized spacial score (nSPS) is 16.4. The third kappa shape index (κ3) is 3.95. The summed E-state index contributed by atoms with van der Waals surface area (Å²) in [6, 6.07) is 8.12. The Hall–Kier alpha value is -1.06. The molecule has 1 atom stereocenters. The van der Waals surface area contributed by atoms with Crippen molar-refractivity contribution in [2.24, 2.45) is 11.8 Å². The van der Waals surface area contributed by atoms with Gasteiger partial charge in [-0.2, -0.15) is 0 Å².